The second-order valence-corrected chi connectivity index (χ2v) is 17.4. The van der Waals surface area contributed by atoms with Crippen LogP contribution in [0.1, 0.15) is 207 Å². The van der Waals surface area contributed by atoms with Gasteiger partial charge in [-0.05, 0) is 109 Å². The molecule has 1 unspecified atom stereocenters. The Kier molecular flexibility index (Phi) is 52.6. The van der Waals surface area contributed by atoms with Gasteiger partial charge in [-0.1, -0.05) is 237 Å². The normalized spacial score (nSPS) is 13.4. The van der Waals surface area contributed by atoms with E-state index in [1.54, 1.807) is 6.08 Å². The number of hydrogen-bond acceptors (Lipinski definition) is 6. The quantitative estimate of drug-likeness (QED) is 0.0262. The number of ether oxygens (including phenoxy) is 3. The van der Waals surface area contributed by atoms with E-state index in [4.69, 9.17) is 14.2 Å². The van der Waals surface area contributed by atoms with Crippen LogP contribution < -0.4 is 0 Å². The summed E-state index contributed by atoms with van der Waals surface area (Å²) in [7, 11) is 0. The topological polar surface area (TPSA) is 78.9 Å². The molecule has 6 heteroatoms. The van der Waals surface area contributed by atoms with Crippen molar-refractivity contribution in [2.24, 2.45) is 0 Å². The second kappa shape index (κ2) is 56.6. The molecule has 0 radical (unpaired) electrons. The van der Waals surface area contributed by atoms with Crippen LogP contribution in [0, 0.1) is 0 Å². The lowest BCUT2D eigenvalue weighted by Crippen LogP contribution is -2.30. The molecule has 6 nitrogen and oxygen atoms in total. The molecule has 0 amide bonds. The molecule has 0 aliphatic rings. The molecule has 0 bridgehead atoms. The summed E-state index contributed by atoms with van der Waals surface area (Å²) >= 11 is 0. The third-order valence-corrected chi connectivity index (χ3v) is 10.8. The zero-order valence-corrected chi connectivity index (χ0v) is 44.5. The van der Waals surface area contributed by atoms with Crippen molar-refractivity contribution >= 4 is 17.9 Å². The van der Waals surface area contributed by atoms with Crippen LogP contribution in [0.4, 0.5) is 0 Å². The predicted octanol–water partition coefficient (Wildman–Crippen LogP) is 18.6. The Morgan fingerprint density at radius 2 is 0.600 bits per heavy atom. The summed E-state index contributed by atoms with van der Waals surface area (Å²) in [6.45, 7) is 6.25. The van der Waals surface area contributed by atoms with Gasteiger partial charge >= 0.3 is 17.9 Å². The zero-order valence-electron chi connectivity index (χ0n) is 44.5. The maximum Gasteiger partial charge on any atom is 0.310 e. The number of carbonyl (C=O) groups is 3. The Morgan fingerprint density at radius 1 is 0.314 bits per heavy atom. The van der Waals surface area contributed by atoms with Gasteiger partial charge in [0.15, 0.2) is 6.10 Å². The summed E-state index contributed by atoms with van der Waals surface area (Å²) in [6, 6.07) is 0. The molecule has 0 fully saturated rings. The van der Waals surface area contributed by atoms with Gasteiger partial charge in [-0.15, -0.1) is 0 Å². The minimum Gasteiger partial charge on any atom is -0.462 e. The summed E-state index contributed by atoms with van der Waals surface area (Å²) < 4.78 is 16.6. The minimum atomic E-state index is -0.855. The van der Waals surface area contributed by atoms with Gasteiger partial charge < -0.3 is 14.2 Å². The van der Waals surface area contributed by atoms with E-state index in [1.165, 1.54) is 44.9 Å². The molecule has 0 rings (SSSR count). The fourth-order valence-electron chi connectivity index (χ4n) is 6.77. The molecule has 0 heterocycles. The van der Waals surface area contributed by atoms with E-state index in [2.05, 4.69) is 167 Å². The molecule has 390 valence electrons. The molecule has 0 aromatic heterocycles. The van der Waals surface area contributed by atoms with Crippen molar-refractivity contribution < 1.29 is 28.6 Å². The minimum absolute atomic E-state index is 0.0807. The number of esters is 3. The maximum absolute atomic E-state index is 12.7. The first kappa shape index (κ1) is 65.0. The average Bonchev–Trinajstić information content (AvgIpc) is 3.36. The van der Waals surface area contributed by atoms with Crippen LogP contribution in [0.5, 0.6) is 0 Å². The van der Waals surface area contributed by atoms with Gasteiger partial charge in [0.05, 0.1) is 6.42 Å². The summed E-state index contributed by atoms with van der Waals surface area (Å²) in [4.78, 5) is 37.9. The van der Waals surface area contributed by atoms with E-state index in [1.807, 2.05) is 6.08 Å². The molecule has 70 heavy (non-hydrogen) atoms. The highest BCUT2D eigenvalue weighted by Gasteiger charge is 2.19. The molecule has 0 aliphatic carbocycles. The smallest absolute Gasteiger partial charge is 0.310 e. The lowest BCUT2D eigenvalue weighted by atomic mass is 10.1. The molecular weight excluding hydrogens is 865 g/mol. The van der Waals surface area contributed by atoms with E-state index in [0.29, 0.717) is 19.3 Å². The fraction of sp³-hybridized carbons (Fsp3) is 0.547. The highest BCUT2D eigenvalue weighted by Crippen LogP contribution is 2.12. The van der Waals surface area contributed by atoms with Crippen molar-refractivity contribution in [3.8, 4) is 0 Å². The van der Waals surface area contributed by atoms with E-state index in [-0.39, 0.29) is 38.0 Å². The van der Waals surface area contributed by atoms with Crippen LogP contribution in [-0.4, -0.2) is 37.2 Å². The molecule has 0 aliphatic heterocycles. The number of rotatable bonds is 47. The summed E-state index contributed by atoms with van der Waals surface area (Å²) in [5, 5.41) is 0. The van der Waals surface area contributed by atoms with Crippen LogP contribution in [0.15, 0.2) is 158 Å². The second-order valence-electron chi connectivity index (χ2n) is 17.4. The van der Waals surface area contributed by atoms with Gasteiger partial charge in [-0.25, -0.2) is 0 Å². The zero-order chi connectivity index (χ0) is 50.7. The molecule has 0 aromatic carbocycles. The van der Waals surface area contributed by atoms with Crippen LogP contribution in [-0.2, 0) is 28.6 Å². The van der Waals surface area contributed by atoms with Gasteiger partial charge in [0.1, 0.15) is 13.2 Å². The SMILES string of the molecule is CC/C=C\C/C=C\C/C=C\C/C=C\C/C=C\C/C=C\C/C=C\C/C=C\CCCCC(=O)OCC(COC(=O)CCCCCCCCCCCC)OC(=O)C/C=C\C/C=C\C/C=C\C/C=C\C/C=C\CC. The Hall–Kier alpha value is -4.97. The van der Waals surface area contributed by atoms with Crippen LogP contribution in [0.3, 0.4) is 0 Å². The maximum atomic E-state index is 12.7. The van der Waals surface area contributed by atoms with Gasteiger partial charge in [0.2, 0.25) is 0 Å². The number of carbonyl (C=O) groups excluding carboxylic acids is 3. The molecule has 0 saturated heterocycles. The van der Waals surface area contributed by atoms with Gasteiger partial charge in [0.25, 0.3) is 0 Å². The van der Waals surface area contributed by atoms with Crippen molar-refractivity contribution in [1.82, 2.24) is 0 Å². The highest BCUT2D eigenvalue weighted by molar-refractivity contribution is 5.72. The van der Waals surface area contributed by atoms with Crippen LogP contribution in [0.2, 0.25) is 0 Å². The summed E-state index contributed by atoms with van der Waals surface area (Å²) in [5.41, 5.74) is 0. The van der Waals surface area contributed by atoms with Gasteiger partial charge in [0, 0.05) is 12.8 Å². The number of hydrogen-bond donors (Lipinski definition) is 0. The lowest BCUT2D eigenvalue weighted by Gasteiger charge is -2.18. The van der Waals surface area contributed by atoms with Gasteiger partial charge in [-0.3, -0.25) is 14.4 Å². The highest BCUT2D eigenvalue weighted by atomic mass is 16.6. The Labute approximate surface area is 429 Å². The van der Waals surface area contributed by atoms with Crippen LogP contribution in [0.25, 0.3) is 0 Å². The molecule has 0 N–H and O–H groups in total. The van der Waals surface area contributed by atoms with Crippen molar-refractivity contribution in [1.29, 1.82) is 0 Å². The largest absolute Gasteiger partial charge is 0.462 e. The van der Waals surface area contributed by atoms with E-state index in [9.17, 15) is 14.4 Å². The predicted molar refractivity (Wildman–Crippen MR) is 302 cm³/mol. The molecule has 1 atom stereocenters. The van der Waals surface area contributed by atoms with Gasteiger partial charge in [-0.2, -0.15) is 0 Å². The number of unbranched alkanes of at least 4 members (excludes halogenated alkanes) is 11. The lowest BCUT2D eigenvalue weighted by molar-refractivity contribution is -0.166. The summed E-state index contributed by atoms with van der Waals surface area (Å²) in [5.74, 6) is -1.13. The molecule has 0 aromatic rings. The third kappa shape index (κ3) is 54.0. The van der Waals surface area contributed by atoms with Crippen molar-refractivity contribution in [3.63, 3.8) is 0 Å². The molecule has 0 spiro atoms. The molecular formula is C64H98O6. The molecule has 0 saturated carbocycles. The average molecular weight is 963 g/mol. The van der Waals surface area contributed by atoms with E-state index < -0.39 is 12.1 Å². The van der Waals surface area contributed by atoms with Crippen molar-refractivity contribution in [2.75, 3.05) is 13.2 Å². The number of allylic oxidation sites excluding steroid dienone is 25. The first-order valence-corrected chi connectivity index (χ1v) is 27.5. The first-order valence-electron chi connectivity index (χ1n) is 27.5. The summed E-state index contributed by atoms with van der Waals surface area (Å²) in [6.07, 6.45) is 82.7. The third-order valence-electron chi connectivity index (χ3n) is 10.8. The van der Waals surface area contributed by atoms with E-state index in [0.717, 1.165) is 109 Å². The Bertz CT molecular complexity index is 1620. The van der Waals surface area contributed by atoms with Crippen molar-refractivity contribution in [3.05, 3.63) is 158 Å². The standard InChI is InChI=1S/C64H98O6/c1-4-7-10-13-16-19-22-24-26-27-28-29-30-31-32-33-34-35-36-37-39-40-42-45-48-51-54-57-63(66)69-60-61(59-68-62(65)56-53-50-47-44-21-18-15-12-9-6-3)70-64(67)58-55-52-49-46-43-41-38-25-23-20-17-14-11-8-5-2/h7-8,10-11,16-17,19-20,24-26,28-29,31-32,34-35,37-39,42-43,45-46,52,55,61H,4-6,9,12-15,18,21-23,27,30,33,36,40-41,44,47-51,53-54,56-60H2,1-3H3/b10-7-,11-8-,19-16-,20-17-,26-24-,29-28-,32-31-,35-34-,38-25-,39-37-,45-42-,46-43-,55-52-. The monoisotopic (exact) mass is 963 g/mol. The first-order chi connectivity index (χ1) is 34.5. The van der Waals surface area contributed by atoms with E-state index >= 15 is 0 Å². The van der Waals surface area contributed by atoms with Crippen LogP contribution >= 0.6 is 0 Å². The Morgan fingerprint density at radius 3 is 0.943 bits per heavy atom. The van der Waals surface area contributed by atoms with Crippen molar-refractivity contribution in [2.45, 2.75) is 213 Å². The Balaban J connectivity index is 4.49. The fourth-order valence-corrected chi connectivity index (χ4v) is 6.77.